The van der Waals surface area contributed by atoms with Crippen LogP contribution in [0.15, 0.2) is 25.3 Å². The Balaban J connectivity index is -0.000000117. The third-order valence-corrected chi connectivity index (χ3v) is 0.957. The Morgan fingerprint density at radius 2 is 1.22 bits per heavy atom. The molecule has 0 spiro atoms. The lowest BCUT2D eigenvalue weighted by molar-refractivity contribution is -0.144. The molecule has 0 aliphatic carbocycles. The number of Topliss-reactive ketones (excluding diaryl/α,β-unsaturated/α-hetero) is 3. The number of carbonyl (C=O) groups excluding carboxylic acids is 5. The van der Waals surface area contributed by atoms with Gasteiger partial charge in [-0.25, -0.2) is 0 Å². The van der Waals surface area contributed by atoms with Crippen molar-refractivity contribution in [2.45, 2.75) is 41.0 Å². The van der Waals surface area contributed by atoms with Crippen LogP contribution in [0.4, 0.5) is 0 Å². The normalized spacial score (nSPS) is 7.35. The van der Waals surface area contributed by atoms with Gasteiger partial charge in [-0.3, -0.25) is 14.4 Å². The molecule has 0 fully saturated rings. The van der Waals surface area contributed by atoms with Gasteiger partial charge in [-0.05, 0) is 40.7 Å². The second kappa shape index (κ2) is 21.7. The molecule has 0 unspecified atom stereocenters. The molecular formula is C16H27NO6. The van der Waals surface area contributed by atoms with E-state index in [1.54, 1.807) is 0 Å². The Kier molecular flexibility index (Phi) is 27.0. The highest BCUT2D eigenvalue weighted by molar-refractivity contribution is 5.94. The Morgan fingerprint density at radius 1 is 0.913 bits per heavy atom. The van der Waals surface area contributed by atoms with Crippen molar-refractivity contribution in [3.8, 4) is 0 Å². The standard InChI is InChI=1S/C7H10O3.C3H5NO.2C3H6O/c1-3-4-10-7(9)5-6(2)8;1-2-3(4)5;2*1-3(2)4/h3H,1,4-5H2,2H3;2H,1H2,(H2,4,5);2*1-2H3. The molecule has 0 aromatic heterocycles. The quantitative estimate of drug-likeness (QED) is 0.353. The van der Waals surface area contributed by atoms with E-state index in [1.165, 1.54) is 40.7 Å². The summed E-state index contributed by atoms with van der Waals surface area (Å²) in [5.41, 5.74) is 4.53. The number of nitrogens with two attached hydrogens (primary N) is 1. The van der Waals surface area contributed by atoms with Gasteiger partial charge in [0.05, 0.1) is 0 Å². The van der Waals surface area contributed by atoms with Crippen LogP contribution in [-0.2, 0) is 28.7 Å². The molecule has 0 aromatic carbocycles. The Bertz CT molecular complexity index is 393. The molecule has 0 aromatic rings. The van der Waals surface area contributed by atoms with E-state index >= 15 is 0 Å². The molecule has 0 saturated heterocycles. The largest absolute Gasteiger partial charge is 0.461 e. The summed E-state index contributed by atoms with van der Waals surface area (Å²) in [6, 6.07) is 0. The van der Waals surface area contributed by atoms with Gasteiger partial charge in [0.15, 0.2) is 0 Å². The van der Waals surface area contributed by atoms with Gasteiger partial charge in [0.2, 0.25) is 5.91 Å². The third kappa shape index (κ3) is 107. The number of ketones is 3. The number of rotatable bonds is 5. The maximum Gasteiger partial charge on any atom is 0.313 e. The summed E-state index contributed by atoms with van der Waals surface area (Å²) < 4.78 is 4.52. The average molecular weight is 329 g/mol. The molecule has 0 aliphatic heterocycles. The number of ether oxygens (including phenoxy) is 1. The number of primary amides is 1. The molecule has 0 rings (SSSR count). The van der Waals surface area contributed by atoms with Gasteiger partial charge in [0, 0.05) is 0 Å². The highest BCUT2D eigenvalue weighted by Crippen LogP contribution is 1.87. The van der Waals surface area contributed by atoms with E-state index in [0.29, 0.717) is 0 Å². The van der Waals surface area contributed by atoms with Crippen molar-refractivity contribution in [1.29, 1.82) is 0 Å². The smallest absolute Gasteiger partial charge is 0.313 e. The Hall–Kier alpha value is -2.57. The highest BCUT2D eigenvalue weighted by Gasteiger charge is 2.03. The minimum Gasteiger partial charge on any atom is -0.461 e. The summed E-state index contributed by atoms with van der Waals surface area (Å²) in [4.78, 5) is 49.2. The summed E-state index contributed by atoms with van der Waals surface area (Å²) in [5, 5.41) is 0. The fourth-order valence-electron chi connectivity index (χ4n) is 0.406. The molecule has 1 amide bonds. The molecule has 7 heteroatoms. The van der Waals surface area contributed by atoms with Gasteiger partial charge in [-0.2, -0.15) is 0 Å². The van der Waals surface area contributed by atoms with Crippen molar-refractivity contribution in [2.24, 2.45) is 5.73 Å². The average Bonchev–Trinajstić information content (AvgIpc) is 2.34. The van der Waals surface area contributed by atoms with Gasteiger partial charge in [0.25, 0.3) is 0 Å². The molecule has 0 aliphatic rings. The molecule has 0 heterocycles. The zero-order chi connectivity index (χ0) is 19.4. The van der Waals surface area contributed by atoms with Crippen LogP contribution >= 0.6 is 0 Å². The zero-order valence-corrected chi connectivity index (χ0v) is 14.5. The topological polar surface area (TPSA) is 121 Å². The monoisotopic (exact) mass is 329 g/mol. The van der Waals surface area contributed by atoms with E-state index in [4.69, 9.17) is 0 Å². The molecule has 0 saturated carbocycles. The third-order valence-electron chi connectivity index (χ3n) is 0.957. The van der Waals surface area contributed by atoms with Gasteiger partial charge in [-0.1, -0.05) is 19.2 Å². The van der Waals surface area contributed by atoms with Crippen molar-refractivity contribution >= 4 is 29.2 Å². The van der Waals surface area contributed by atoms with Crippen LogP contribution in [0.1, 0.15) is 41.0 Å². The maximum absolute atomic E-state index is 10.5. The Labute approximate surface area is 137 Å². The predicted molar refractivity (Wildman–Crippen MR) is 88.6 cm³/mol. The van der Waals surface area contributed by atoms with Crippen LogP contribution < -0.4 is 5.73 Å². The van der Waals surface area contributed by atoms with Crippen molar-refractivity contribution in [2.75, 3.05) is 6.61 Å². The first-order chi connectivity index (χ1) is 10.4. The minimum atomic E-state index is -0.493. The van der Waals surface area contributed by atoms with Crippen LogP contribution in [-0.4, -0.2) is 35.8 Å². The molecule has 132 valence electrons. The van der Waals surface area contributed by atoms with Gasteiger partial charge >= 0.3 is 5.97 Å². The number of esters is 1. The molecular weight excluding hydrogens is 302 g/mol. The van der Waals surface area contributed by atoms with Gasteiger partial charge in [0.1, 0.15) is 30.4 Å². The molecule has 0 bridgehead atoms. The van der Waals surface area contributed by atoms with Crippen LogP contribution in [0.5, 0.6) is 0 Å². The second-order valence-corrected chi connectivity index (χ2v) is 4.27. The molecule has 0 radical (unpaired) electrons. The zero-order valence-electron chi connectivity index (χ0n) is 14.5. The van der Waals surface area contributed by atoms with Crippen LogP contribution in [0.2, 0.25) is 0 Å². The lowest BCUT2D eigenvalue weighted by atomic mass is 10.3. The molecule has 7 nitrogen and oxygen atoms in total. The fourth-order valence-corrected chi connectivity index (χ4v) is 0.406. The van der Waals surface area contributed by atoms with E-state index in [0.717, 1.165) is 6.08 Å². The van der Waals surface area contributed by atoms with Crippen molar-refractivity contribution < 1.29 is 28.7 Å². The summed E-state index contributed by atoms with van der Waals surface area (Å²) in [6.45, 7) is 14.1. The molecule has 0 atom stereocenters. The maximum atomic E-state index is 10.5. The first kappa shape index (κ1) is 28.6. The van der Waals surface area contributed by atoms with Crippen molar-refractivity contribution in [3.05, 3.63) is 25.3 Å². The molecule has 2 N–H and O–H groups in total. The van der Waals surface area contributed by atoms with Gasteiger partial charge < -0.3 is 20.1 Å². The summed E-state index contributed by atoms with van der Waals surface area (Å²) in [6.07, 6.45) is 2.37. The highest BCUT2D eigenvalue weighted by atomic mass is 16.5. The number of hydrogen-bond donors (Lipinski definition) is 1. The van der Waals surface area contributed by atoms with Crippen LogP contribution in [0, 0.1) is 0 Å². The van der Waals surface area contributed by atoms with E-state index in [1.807, 2.05) is 0 Å². The number of amides is 1. The minimum absolute atomic E-state index is 0.145. The first-order valence-electron chi connectivity index (χ1n) is 6.52. The molecule has 23 heavy (non-hydrogen) atoms. The number of hydrogen-bond acceptors (Lipinski definition) is 6. The van der Waals surface area contributed by atoms with E-state index < -0.39 is 11.9 Å². The summed E-state index contributed by atoms with van der Waals surface area (Å²) in [5.74, 6) is -0.827. The Morgan fingerprint density at radius 3 is 1.39 bits per heavy atom. The lowest BCUT2D eigenvalue weighted by Gasteiger charge is -1.96. The van der Waals surface area contributed by atoms with Gasteiger partial charge in [-0.15, -0.1) is 0 Å². The SMILES string of the molecule is C=CC(N)=O.C=CCOC(=O)CC(C)=O.CC(C)=O.CC(C)=O. The summed E-state index contributed by atoms with van der Waals surface area (Å²) >= 11 is 0. The summed E-state index contributed by atoms with van der Waals surface area (Å²) in [7, 11) is 0. The van der Waals surface area contributed by atoms with Crippen molar-refractivity contribution in [3.63, 3.8) is 0 Å². The first-order valence-corrected chi connectivity index (χ1v) is 6.52. The van der Waals surface area contributed by atoms with Crippen molar-refractivity contribution in [1.82, 2.24) is 0 Å². The second-order valence-electron chi connectivity index (χ2n) is 4.27. The lowest BCUT2D eigenvalue weighted by Crippen LogP contribution is -2.08. The van der Waals surface area contributed by atoms with E-state index in [2.05, 4.69) is 23.6 Å². The van der Waals surface area contributed by atoms with Crippen LogP contribution in [0.3, 0.4) is 0 Å². The fraction of sp³-hybridized carbons (Fsp3) is 0.438. The predicted octanol–water partition coefficient (Wildman–Crippen LogP) is 1.54. The van der Waals surface area contributed by atoms with Crippen LogP contribution in [0.25, 0.3) is 0 Å². The van der Waals surface area contributed by atoms with E-state index in [9.17, 15) is 24.0 Å². The van der Waals surface area contributed by atoms with E-state index in [-0.39, 0.29) is 30.4 Å². The number of carbonyl (C=O) groups is 5.